The van der Waals surface area contributed by atoms with E-state index in [2.05, 4.69) is 48.4 Å². The van der Waals surface area contributed by atoms with Crippen LogP contribution in [0.2, 0.25) is 0 Å². The first-order chi connectivity index (χ1) is 9.06. The Balaban J connectivity index is 1.90. The molecule has 0 aliphatic carbocycles. The molecule has 0 radical (unpaired) electrons. The number of nitrogens with zero attached hydrogens (tertiary/aromatic N) is 3. The fourth-order valence-electron chi connectivity index (χ4n) is 2.39. The van der Waals surface area contributed by atoms with E-state index in [-0.39, 0.29) is 0 Å². The van der Waals surface area contributed by atoms with E-state index < -0.39 is 0 Å². The molecule has 1 N–H and O–H groups in total. The second kappa shape index (κ2) is 6.68. The van der Waals surface area contributed by atoms with Gasteiger partial charge in [0.25, 0.3) is 0 Å². The first-order valence-corrected chi connectivity index (χ1v) is 8.03. The van der Waals surface area contributed by atoms with Crippen molar-refractivity contribution in [2.24, 2.45) is 0 Å². The molecule has 0 aromatic carbocycles. The van der Waals surface area contributed by atoms with E-state index in [1.165, 1.54) is 25.9 Å². The van der Waals surface area contributed by atoms with Crippen LogP contribution in [0.1, 0.15) is 32.4 Å². The second-order valence-electron chi connectivity index (χ2n) is 5.80. The Bertz CT molecular complexity index is 383. The van der Waals surface area contributed by atoms with Gasteiger partial charge >= 0.3 is 0 Å². The Labute approximate surface area is 120 Å². The summed E-state index contributed by atoms with van der Waals surface area (Å²) in [5.74, 6) is 0. The van der Waals surface area contributed by atoms with Crippen molar-refractivity contribution in [2.75, 3.05) is 32.1 Å². The summed E-state index contributed by atoms with van der Waals surface area (Å²) in [6.07, 6.45) is 2.48. The summed E-state index contributed by atoms with van der Waals surface area (Å²) in [4.78, 5) is 9.52. The predicted molar refractivity (Wildman–Crippen MR) is 83.0 cm³/mol. The van der Waals surface area contributed by atoms with Crippen LogP contribution < -0.4 is 10.2 Å². The highest BCUT2D eigenvalue weighted by atomic mass is 32.1. The van der Waals surface area contributed by atoms with E-state index in [0.717, 1.165) is 17.4 Å². The Kier molecular flexibility index (Phi) is 5.19. The standard InChI is InChI=1S/C14H26N4S/c1-11(2)15-9-12-10-19-14(16-12)18(4)13-5-7-17(3)8-6-13/h10-11,13,15H,5-9H2,1-4H3. The van der Waals surface area contributed by atoms with Crippen molar-refractivity contribution in [3.8, 4) is 0 Å². The number of hydrogen-bond donors (Lipinski definition) is 1. The van der Waals surface area contributed by atoms with Crippen LogP contribution in [-0.2, 0) is 6.54 Å². The van der Waals surface area contributed by atoms with Crippen molar-refractivity contribution in [2.45, 2.75) is 45.3 Å². The first kappa shape index (κ1) is 14.8. The fourth-order valence-corrected chi connectivity index (χ4v) is 3.25. The third kappa shape index (κ3) is 4.16. The maximum Gasteiger partial charge on any atom is 0.185 e. The molecule has 108 valence electrons. The van der Waals surface area contributed by atoms with Gasteiger partial charge in [0.2, 0.25) is 0 Å². The zero-order valence-corrected chi connectivity index (χ0v) is 13.3. The number of likely N-dealkylation sites (tertiary alicyclic amines) is 1. The number of hydrogen-bond acceptors (Lipinski definition) is 5. The maximum absolute atomic E-state index is 4.74. The van der Waals surface area contributed by atoms with Gasteiger partial charge in [-0.15, -0.1) is 11.3 Å². The van der Waals surface area contributed by atoms with Gasteiger partial charge in [0.05, 0.1) is 5.69 Å². The summed E-state index contributed by atoms with van der Waals surface area (Å²) in [6, 6.07) is 1.16. The lowest BCUT2D eigenvalue weighted by Gasteiger charge is -2.34. The van der Waals surface area contributed by atoms with Crippen LogP contribution in [0.3, 0.4) is 0 Å². The molecule has 5 heteroatoms. The second-order valence-corrected chi connectivity index (χ2v) is 6.64. The van der Waals surface area contributed by atoms with Crippen molar-refractivity contribution in [1.82, 2.24) is 15.2 Å². The normalized spacial score (nSPS) is 18.2. The molecule has 2 heterocycles. The minimum atomic E-state index is 0.511. The quantitative estimate of drug-likeness (QED) is 0.897. The molecule has 0 bridgehead atoms. The molecular formula is C14H26N4S. The molecule has 0 amide bonds. The molecule has 1 fully saturated rings. The van der Waals surface area contributed by atoms with Crippen LogP contribution in [0.25, 0.3) is 0 Å². The van der Waals surface area contributed by atoms with Gasteiger partial charge in [-0.1, -0.05) is 13.8 Å². The van der Waals surface area contributed by atoms with Gasteiger partial charge in [0.1, 0.15) is 0 Å². The highest BCUT2D eigenvalue weighted by Crippen LogP contribution is 2.25. The third-order valence-electron chi connectivity index (χ3n) is 3.77. The summed E-state index contributed by atoms with van der Waals surface area (Å²) >= 11 is 1.76. The lowest BCUT2D eigenvalue weighted by Crippen LogP contribution is -2.42. The predicted octanol–water partition coefficient (Wildman–Crippen LogP) is 2.17. The van der Waals surface area contributed by atoms with Gasteiger partial charge in [-0.3, -0.25) is 0 Å². The molecule has 0 spiro atoms. The number of anilines is 1. The van der Waals surface area contributed by atoms with Gasteiger partial charge in [-0.05, 0) is 33.0 Å². The van der Waals surface area contributed by atoms with E-state index in [4.69, 9.17) is 4.98 Å². The number of rotatable bonds is 5. The van der Waals surface area contributed by atoms with Crippen LogP contribution in [0.15, 0.2) is 5.38 Å². The third-order valence-corrected chi connectivity index (χ3v) is 4.75. The zero-order chi connectivity index (χ0) is 13.8. The van der Waals surface area contributed by atoms with Crippen molar-refractivity contribution in [1.29, 1.82) is 0 Å². The molecule has 1 aromatic heterocycles. The Morgan fingerprint density at radius 1 is 1.47 bits per heavy atom. The molecular weight excluding hydrogens is 256 g/mol. The van der Waals surface area contributed by atoms with Crippen molar-refractivity contribution in [3.63, 3.8) is 0 Å². The van der Waals surface area contributed by atoms with Crippen LogP contribution in [0.4, 0.5) is 5.13 Å². The van der Waals surface area contributed by atoms with Gasteiger partial charge in [0.15, 0.2) is 5.13 Å². The maximum atomic E-state index is 4.74. The monoisotopic (exact) mass is 282 g/mol. The average molecular weight is 282 g/mol. The van der Waals surface area contributed by atoms with Crippen LogP contribution in [0, 0.1) is 0 Å². The summed E-state index contributed by atoms with van der Waals surface area (Å²) in [5.41, 5.74) is 1.16. The van der Waals surface area contributed by atoms with E-state index in [1.807, 2.05) is 0 Å². The van der Waals surface area contributed by atoms with Crippen LogP contribution in [0.5, 0.6) is 0 Å². The lowest BCUT2D eigenvalue weighted by molar-refractivity contribution is 0.253. The van der Waals surface area contributed by atoms with E-state index in [1.54, 1.807) is 11.3 Å². The largest absolute Gasteiger partial charge is 0.348 e. The van der Waals surface area contributed by atoms with E-state index in [0.29, 0.717) is 12.1 Å². The summed E-state index contributed by atoms with van der Waals surface area (Å²) < 4.78 is 0. The number of thiazole rings is 1. The molecule has 4 nitrogen and oxygen atoms in total. The summed E-state index contributed by atoms with van der Waals surface area (Å²) in [6.45, 7) is 7.59. The molecule has 1 aliphatic rings. The minimum Gasteiger partial charge on any atom is -0.348 e. The number of piperidine rings is 1. The molecule has 1 aromatic rings. The fraction of sp³-hybridized carbons (Fsp3) is 0.786. The number of aromatic nitrogens is 1. The molecule has 2 rings (SSSR count). The van der Waals surface area contributed by atoms with Crippen molar-refractivity contribution >= 4 is 16.5 Å². The molecule has 0 atom stereocenters. The van der Waals surface area contributed by atoms with Gasteiger partial charge in [-0.2, -0.15) is 0 Å². The van der Waals surface area contributed by atoms with E-state index >= 15 is 0 Å². The lowest BCUT2D eigenvalue weighted by atomic mass is 10.0. The topological polar surface area (TPSA) is 31.4 Å². The zero-order valence-electron chi connectivity index (χ0n) is 12.5. The molecule has 19 heavy (non-hydrogen) atoms. The number of nitrogens with one attached hydrogen (secondary N) is 1. The molecule has 1 saturated heterocycles. The molecule has 0 saturated carbocycles. The van der Waals surface area contributed by atoms with Crippen molar-refractivity contribution < 1.29 is 0 Å². The Hall–Kier alpha value is -0.650. The molecule has 0 unspecified atom stereocenters. The first-order valence-electron chi connectivity index (χ1n) is 7.15. The smallest absolute Gasteiger partial charge is 0.185 e. The average Bonchev–Trinajstić information content (AvgIpc) is 2.85. The Morgan fingerprint density at radius 2 is 2.16 bits per heavy atom. The molecule has 1 aliphatic heterocycles. The Morgan fingerprint density at radius 3 is 2.79 bits per heavy atom. The van der Waals surface area contributed by atoms with Crippen LogP contribution >= 0.6 is 11.3 Å². The van der Waals surface area contributed by atoms with Crippen molar-refractivity contribution in [3.05, 3.63) is 11.1 Å². The van der Waals surface area contributed by atoms with Gasteiger partial charge in [-0.25, -0.2) is 4.98 Å². The van der Waals surface area contributed by atoms with Crippen LogP contribution in [-0.4, -0.2) is 49.2 Å². The van der Waals surface area contributed by atoms with Gasteiger partial charge in [0, 0.05) is 31.1 Å². The minimum absolute atomic E-state index is 0.511. The van der Waals surface area contributed by atoms with E-state index in [9.17, 15) is 0 Å². The highest BCUT2D eigenvalue weighted by molar-refractivity contribution is 7.13. The highest BCUT2D eigenvalue weighted by Gasteiger charge is 2.22. The SMILES string of the molecule is CC(C)NCc1csc(N(C)C2CCN(C)CC2)n1. The summed E-state index contributed by atoms with van der Waals surface area (Å²) in [5, 5.41) is 6.76. The summed E-state index contributed by atoms with van der Waals surface area (Å²) in [7, 11) is 4.39. The van der Waals surface area contributed by atoms with Gasteiger partial charge < -0.3 is 15.1 Å².